The first-order chi connectivity index (χ1) is 13.5. The van der Waals surface area contributed by atoms with E-state index < -0.39 is 0 Å². The number of amides is 1. The number of anilines is 1. The van der Waals surface area contributed by atoms with Gasteiger partial charge in [-0.2, -0.15) is 0 Å². The Labute approximate surface area is 167 Å². The maximum Gasteiger partial charge on any atom is 0.309 e. The summed E-state index contributed by atoms with van der Waals surface area (Å²) in [5.41, 5.74) is 1.94. The average Bonchev–Trinajstić information content (AvgIpc) is 2.71. The molecule has 7 nitrogen and oxygen atoms in total. The summed E-state index contributed by atoms with van der Waals surface area (Å²) < 4.78 is 4.94. The number of hydrogen-bond acceptors (Lipinski definition) is 6. The normalized spacial score (nSPS) is 23.3. The number of esters is 1. The molecule has 0 radical (unpaired) electrons. The Kier molecular flexibility index (Phi) is 6.86. The Morgan fingerprint density at radius 1 is 1.11 bits per heavy atom. The first kappa shape index (κ1) is 20.6. The van der Waals surface area contributed by atoms with Crippen molar-refractivity contribution in [3.8, 4) is 0 Å². The van der Waals surface area contributed by atoms with Crippen LogP contribution >= 0.6 is 0 Å². The van der Waals surface area contributed by atoms with Gasteiger partial charge < -0.3 is 15.0 Å². The molecule has 1 aromatic rings. The highest BCUT2D eigenvalue weighted by atomic mass is 16.5. The molecule has 1 aliphatic carbocycles. The van der Waals surface area contributed by atoms with E-state index in [0.29, 0.717) is 6.54 Å². The monoisotopic (exact) mass is 388 g/mol. The minimum Gasteiger partial charge on any atom is -0.469 e. The third-order valence-electron chi connectivity index (χ3n) is 6.07. The van der Waals surface area contributed by atoms with E-state index in [2.05, 4.69) is 20.2 Å². The van der Waals surface area contributed by atoms with Gasteiger partial charge in [0.05, 0.1) is 13.0 Å². The van der Waals surface area contributed by atoms with Crippen molar-refractivity contribution in [2.45, 2.75) is 52.4 Å². The van der Waals surface area contributed by atoms with Gasteiger partial charge in [0.1, 0.15) is 0 Å². The molecule has 1 N–H and O–H groups in total. The van der Waals surface area contributed by atoms with E-state index >= 15 is 0 Å². The van der Waals surface area contributed by atoms with E-state index in [1.165, 1.54) is 7.11 Å². The maximum atomic E-state index is 12.7. The van der Waals surface area contributed by atoms with Crippen molar-refractivity contribution in [2.24, 2.45) is 17.8 Å². The molecule has 1 aromatic heterocycles. The highest BCUT2D eigenvalue weighted by Gasteiger charge is 2.33. The smallest absolute Gasteiger partial charge is 0.309 e. The van der Waals surface area contributed by atoms with Crippen molar-refractivity contribution in [2.75, 3.05) is 31.6 Å². The zero-order chi connectivity index (χ0) is 20.1. The Morgan fingerprint density at radius 3 is 2.39 bits per heavy atom. The summed E-state index contributed by atoms with van der Waals surface area (Å²) in [6.45, 7) is 6.10. The summed E-state index contributed by atoms with van der Waals surface area (Å²) >= 11 is 0. The summed E-state index contributed by atoms with van der Waals surface area (Å²) in [6, 6.07) is 1.97. The van der Waals surface area contributed by atoms with Gasteiger partial charge in [-0.15, -0.1) is 0 Å². The van der Waals surface area contributed by atoms with E-state index in [0.717, 1.165) is 69.0 Å². The number of aryl methyl sites for hydroxylation is 2. The van der Waals surface area contributed by atoms with Gasteiger partial charge in [0.2, 0.25) is 11.9 Å². The van der Waals surface area contributed by atoms with Gasteiger partial charge in [-0.05, 0) is 51.5 Å². The lowest BCUT2D eigenvalue weighted by Gasteiger charge is -2.33. The number of nitrogens with zero attached hydrogens (tertiary/aromatic N) is 3. The van der Waals surface area contributed by atoms with E-state index in [1.54, 1.807) is 0 Å². The van der Waals surface area contributed by atoms with Crippen LogP contribution in [0.15, 0.2) is 6.07 Å². The summed E-state index contributed by atoms with van der Waals surface area (Å²) in [6.07, 6.45) is 5.61. The molecule has 2 unspecified atom stereocenters. The fourth-order valence-electron chi connectivity index (χ4n) is 4.48. The molecule has 2 aliphatic rings. The molecular weight excluding hydrogens is 356 g/mol. The zero-order valence-electron chi connectivity index (χ0n) is 17.2. The van der Waals surface area contributed by atoms with Gasteiger partial charge in [0.15, 0.2) is 0 Å². The number of aromatic nitrogens is 2. The second kappa shape index (κ2) is 9.34. The fraction of sp³-hybridized carbons (Fsp3) is 0.714. The van der Waals surface area contributed by atoms with Crippen LogP contribution in [-0.2, 0) is 14.3 Å². The number of methoxy groups -OCH3 is 1. The van der Waals surface area contributed by atoms with E-state index in [9.17, 15) is 9.59 Å². The molecule has 3 rings (SSSR count). The van der Waals surface area contributed by atoms with Gasteiger partial charge in [0, 0.05) is 36.9 Å². The van der Waals surface area contributed by atoms with Gasteiger partial charge in [-0.1, -0.05) is 12.8 Å². The lowest BCUT2D eigenvalue weighted by molar-refractivity contribution is -0.149. The average molecular weight is 389 g/mol. The first-order valence-electron chi connectivity index (χ1n) is 10.4. The third-order valence-corrected chi connectivity index (χ3v) is 6.07. The van der Waals surface area contributed by atoms with Crippen LogP contribution < -0.4 is 10.2 Å². The predicted molar refractivity (Wildman–Crippen MR) is 107 cm³/mol. The molecule has 2 fully saturated rings. The molecule has 1 amide bonds. The molecule has 1 saturated heterocycles. The highest BCUT2D eigenvalue weighted by Crippen LogP contribution is 2.30. The summed E-state index contributed by atoms with van der Waals surface area (Å²) in [4.78, 5) is 35.9. The predicted octanol–water partition coefficient (Wildman–Crippen LogP) is 2.41. The van der Waals surface area contributed by atoms with E-state index in [4.69, 9.17) is 4.74 Å². The molecular formula is C21H32N4O3. The number of carbonyl (C=O) groups is 2. The van der Waals surface area contributed by atoms with Crippen LogP contribution in [0.1, 0.15) is 49.9 Å². The van der Waals surface area contributed by atoms with Crippen LogP contribution in [-0.4, -0.2) is 48.6 Å². The molecule has 1 aliphatic heterocycles. The number of piperidine rings is 1. The summed E-state index contributed by atoms with van der Waals surface area (Å²) in [5.74, 6) is 0.856. The van der Waals surface area contributed by atoms with E-state index in [1.807, 2.05) is 19.9 Å². The second-order valence-electron chi connectivity index (χ2n) is 8.13. The molecule has 2 atom stereocenters. The molecule has 0 spiro atoms. The molecule has 0 aromatic carbocycles. The highest BCUT2D eigenvalue weighted by molar-refractivity contribution is 5.79. The number of nitrogens with one attached hydrogen (secondary N) is 1. The molecule has 2 heterocycles. The Morgan fingerprint density at radius 2 is 1.75 bits per heavy atom. The fourth-order valence-corrected chi connectivity index (χ4v) is 4.48. The zero-order valence-corrected chi connectivity index (χ0v) is 17.2. The first-order valence-corrected chi connectivity index (χ1v) is 10.4. The Hall–Kier alpha value is -2.18. The number of ether oxygens (including phenoxy) is 1. The maximum absolute atomic E-state index is 12.7. The van der Waals surface area contributed by atoms with Crippen LogP contribution in [0.3, 0.4) is 0 Å². The van der Waals surface area contributed by atoms with Crippen LogP contribution in [0.5, 0.6) is 0 Å². The summed E-state index contributed by atoms with van der Waals surface area (Å²) in [7, 11) is 1.44. The van der Waals surface area contributed by atoms with Crippen molar-refractivity contribution in [1.29, 1.82) is 0 Å². The summed E-state index contributed by atoms with van der Waals surface area (Å²) in [5, 5.41) is 3.11. The quantitative estimate of drug-likeness (QED) is 0.780. The standard InChI is InChI=1S/C21H32N4O3/c1-14-12-15(2)24-21(23-14)25-10-8-16(9-11-25)19(26)22-13-17-6-4-5-7-18(17)20(27)28-3/h12,16-18H,4-11,13H2,1-3H3,(H,22,26). The molecule has 154 valence electrons. The Balaban J connectivity index is 1.49. The Bertz CT molecular complexity index is 681. The topological polar surface area (TPSA) is 84.4 Å². The van der Waals surface area contributed by atoms with Crippen molar-refractivity contribution in [3.05, 3.63) is 17.5 Å². The largest absolute Gasteiger partial charge is 0.469 e. The van der Waals surface area contributed by atoms with Crippen LogP contribution in [0.4, 0.5) is 5.95 Å². The van der Waals surface area contributed by atoms with Gasteiger partial charge in [-0.25, -0.2) is 9.97 Å². The molecule has 7 heteroatoms. The van der Waals surface area contributed by atoms with Gasteiger partial charge in [-0.3, -0.25) is 9.59 Å². The minimum atomic E-state index is -0.138. The molecule has 28 heavy (non-hydrogen) atoms. The SMILES string of the molecule is COC(=O)C1CCCCC1CNC(=O)C1CCN(c2nc(C)cc(C)n2)CC1. The lowest BCUT2D eigenvalue weighted by Crippen LogP contribution is -2.44. The van der Waals surface area contributed by atoms with Gasteiger partial charge >= 0.3 is 5.97 Å². The van der Waals surface area contributed by atoms with E-state index in [-0.39, 0.29) is 29.6 Å². The number of rotatable bonds is 5. The number of carbonyl (C=O) groups excluding carboxylic acids is 2. The van der Waals surface area contributed by atoms with Crippen LogP contribution in [0, 0.1) is 31.6 Å². The third kappa shape index (κ3) is 5.00. The van der Waals surface area contributed by atoms with Crippen molar-refractivity contribution < 1.29 is 14.3 Å². The second-order valence-corrected chi connectivity index (χ2v) is 8.13. The van der Waals surface area contributed by atoms with Gasteiger partial charge in [0.25, 0.3) is 0 Å². The lowest BCUT2D eigenvalue weighted by atomic mass is 9.79. The molecule has 1 saturated carbocycles. The molecule has 0 bridgehead atoms. The van der Waals surface area contributed by atoms with Crippen LogP contribution in [0.2, 0.25) is 0 Å². The van der Waals surface area contributed by atoms with Crippen molar-refractivity contribution in [1.82, 2.24) is 15.3 Å². The van der Waals surface area contributed by atoms with Crippen molar-refractivity contribution >= 4 is 17.8 Å². The minimum absolute atomic E-state index is 0.0160. The van der Waals surface area contributed by atoms with Crippen LogP contribution in [0.25, 0.3) is 0 Å². The number of hydrogen-bond donors (Lipinski definition) is 1. The van der Waals surface area contributed by atoms with Crippen molar-refractivity contribution in [3.63, 3.8) is 0 Å².